The number of carbonyl (C=O) groups is 2. The van der Waals surface area contributed by atoms with Crippen LogP contribution in [0.2, 0.25) is 0 Å². The smallest absolute Gasteiger partial charge is 0.252 e. The maximum Gasteiger partial charge on any atom is 0.252 e. The summed E-state index contributed by atoms with van der Waals surface area (Å²) in [5.74, 6) is -2.79. The molecule has 2 aromatic rings. The van der Waals surface area contributed by atoms with Gasteiger partial charge in [-0.1, -0.05) is 38.1 Å². The highest BCUT2D eigenvalue weighted by atomic mass is 19.2. The van der Waals surface area contributed by atoms with Crippen molar-refractivity contribution < 1.29 is 18.4 Å². The van der Waals surface area contributed by atoms with E-state index in [0.29, 0.717) is 11.1 Å². The third-order valence-electron chi connectivity index (χ3n) is 4.43. The normalized spacial score (nSPS) is 13.1. The molecule has 2 aromatic carbocycles. The lowest BCUT2D eigenvalue weighted by atomic mass is 10.0. The summed E-state index contributed by atoms with van der Waals surface area (Å²) in [5.41, 5.74) is 1.76. The molecule has 0 saturated carbocycles. The van der Waals surface area contributed by atoms with Crippen molar-refractivity contribution in [2.45, 2.75) is 39.8 Å². The predicted octanol–water partition coefficient (Wildman–Crippen LogP) is 3.91. The molecule has 0 aliphatic rings. The average molecular weight is 374 g/mol. The summed E-state index contributed by atoms with van der Waals surface area (Å²) in [6.45, 7) is 7.14. The fraction of sp³-hybridized carbons (Fsp3) is 0.333. The third-order valence-corrected chi connectivity index (χ3v) is 4.43. The van der Waals surface area contributed by atoms with Crippen LogP contribution in [0.25, 0.3) is 0 Å². The van der Waals surface area contributed by atoms with Gasteiger partial charge in [-0.25, -0.2) is 8.78 Å². The Kier molecular flexibility index (Phi) is 6.66. The van der Waals surface area contributed by atoms with Crippen LogP contribution in [-0.2, 0) is 4.79 Å². The fourth-order valence-corrected chi connectivity index (χ4v) is 2.75. The van der Waals surface area contributed by atoms with Gasteiger partial charge in [0.1, 0.15) is 6.04 Å². The second kappa shape index (κ2) is 8.75. The van der Waals surface area contributed by atoms with Gasteiger partial charge in [-0.05, 0) is 49.1 Å². The van der Waals surface area contributed by atoms with Gasteiger partial charge in [0.2, 0.25) is 5.91 Å². The number of halogens is 2. The Labute approximate surface area is 158 Å². The second-order valence-corrected chi connectivity index (χ2v) is 6.91. The van der Waals surface area contributed by atoms with E-state index in [2.05, 4.69) is 10.6 Å². The Morgan fingerprint density at radius 1 is 0.926 bits per heavy atom. The van der Waals surface area contributed by atoms with Gasteiger partial charge >= 0.3 is 0 Å². The Bertz CT molecular complexity index is 837. The van der Waals surface area contributed by atoms with Crippen LogP contribution in [-0.4, -0.2) is 17.9 Å². The Morgan fingerprint density at radius 3 is 2.19 bits per heavy atom. The summed E-state index contributed by atoms with van der Waals surface area (Å²) in [6.07, 6.45) is 0. The largest absolute Gasteiger partial charge is 0.348 e. The van der Waals surface area contributed by atoms with Gasteiger partial charge in [0.25, 0.3) is 5.91 Å². The first-order valence-corrected chi connectivity index (χ1v) is 8.82. The van der Waals surface area contributed by atoms with E-state index in [1.165, 1.54) is 6.07 Å². The van der Waals surface area contributed by atoms with Gasteiger partial charge in [-0.3, -0.25) is 9.59 Å². The van der Waals surface area contributed by atoms with E-state index >= 15 is 0 Å². The molecule has 2 amide bonds. The zero-order valence-corrected chi connectivity index (χ0v) is 15.8. The number of hydrogen-bond acceptors (Lipinski definition) is 2. The lowest BCUT2D eigenvalue weighted by molar-refractivity contribution is -0.124. The minimum Gasteiger partial charge on any atom is -0.348 e. The zero-order valence-electron chi connectivity index (χ0n) is 15.8. The summed E-state index contributed by atoms with van der Waals surface area (Å²) >= 11 is 0. The van der Waals surface area contributed by atoms with E-state index in [1.807, 2.05) is 32.9 Å². The molecule has 0 radical (unpaired) electrons. The van der Waals surface area contributed by atoms with Crippen molar-refractivity contribution in [3.05, 3.63) is 70.8 Å². The van der Waals surface area contributed by atoms with E-state index in [1.54, 1.807) is 19.1 Å². The topological polar surface area (TPSA) is 58.2 Å². The summed E-state index contributed by atoms with van der Waals surface area (Å²) < 4.78 is 26.5. The van der Waals surface area contributed by atoms with Crippen LogP contribution in [0.5, 0.6) is 0 Å². The van der Waals surface area contributed by atoms with Gasteiger partial charge < -0.3 is 10.6 Å². The number of carbonyl (C=O) groups excluding carboxylic acids is 2. The molecule has 0 aromatic heterocycles. The average Bonchev–Trinajstić information content (AvgIpc) is 2.61. The predicted molar refractivity (Wildman–Crippen MR) is 100 cm³/mol. The molecule has 2 atom stereocenters. The number of benzene rings is 2. The molecule has 0 fully saturated rings. The molecular weight excluding hydrogens is 350 g/mol. The molecule has 0 aliphatic heterocycles. The first-order valence-electron chi connectivity index (χ1n) is 8.82. The van der Waals surface area contributed by atoms with Gasteiger partial charge in [0, 0.05) is 5.56 Å². The van der Waals surface area contributed by atoms with Gasteiger partial charge in [0.05, 0.1) is 6.04 Å². The molecule has 2 unspecified atom stereocenters. The van der Waals surface area contributed by atoms with Crippen molar-refractivity contribution in [2.24, 2.45) is 5.92 Å². The van der Waals surface area contributed by atoms with Crippen LogP contribution >= 0.6 is 0 Å². The number of rotatable bonds is 6. The van der Waals surface area contributed by atoms with Crippen LogP contribution in [0, 0.1) is 24.5 Å². The van der Waals surface area contributed by atoms with Crippen LogP contribution in [0.4, 0.5) is 8.78 Å². The third kappa shape index (κ3) is 5.12. The van der Waals surface area contributed by atoms with Crippen LogP contribution < -0.4 is 10.6 Å². The maximum absolute atomic E-state index is 13.4. The number of nitrogens with one attached hydrogen (secondary N) is 2. The van der Waals surface area contributed by atoms with Gasteiger partial charge in [-0.15, -0.1) is 0 Å². The quantitative estimate of drug-likeness (QED) is 0.806. The molecule has 0 spiro atoms. The van der Waals surface area contributed by atoms with Gasteiger partial charge in [0.15, 0.2) is 11.6 Å². The zero-order chi connectivity index (χ0) is 20.1. The molecule has 27 heavy (non-hydrogen) atoms. The molecule has 0 saturated heterocycles. The van der Waals surface area contributed by atoms with Crippen LogP contribution in [0.3, 0.4) is 0 Å². The fourth-order valence-electron chi connectivity index (χ4n) is 2.75. The summed E-state index contributed by atoms with van der Waals surface area (Å²) in [7, 11) is 0. The van der Waals surface area contributed by atoms with Crippen LogP contribution in [0.15, 0.2) is 42.5 Å². The number of amides is 2. The Hall–Kier alpha value is -2.76. The van der Waals surface area contributed by atoms with Crippen LogP contribution in [0.1, 0.15) is 48.3 Å². The van der Waals surface area contributed by atoms with E-state index in [4.69, 9.17) is 0 Å². The van der Waals surface area contributed by atoms with Crippen molar-refractivity contribution in [3.8, 4) is 0 Å². The highest BCUT2D eigenvalue weighted by molar-refractivity contribution is 5.98. The molecule has 0 heterocycles. The summed E-state index contributed by atoms with van der Waals surface area (Å²) in [6, 6.07) is 9.31. The molecule has 144 valence electrons. The molecule has 4 nitrogen and oxygen atoms in total. The van der Waals surface area contributed by atoms with Crippen molar-refractivity contribution in [1.82, 2.24) is 10.6 Å². The van der Waals surface area contributed by atoms with Crippen molar-refractivity contribution in [1.29, 1.82) is 0 Å². The number of aryl methyl sites for hydroxylation is 1. The van der Waals surface area contributed by atoms with E-state index in [0.717, 1.165) is 17.7 Å². The Balaban J connectivity index is 2.11. The lowest BCUT2D eigenvalue weighted by Crippen LogP contribution is -2.50. The first kappa shape index (κ1) is 20.6. The van der Waals surface area contributed by atoms with Crippen molar-refractivity contribution >= 4 is 11.8 Å². The maximum atomic E-state index is 13.4. The number of hydrogen-bond donors (Lipinski definition) is 2. The molecule has 2 N–H and O–H groups in total. The van der Waals surface area contributed by atoms with E-state index < -0.39 is 23.7 Å². The van der Waals surface area contributed by atoms with Crippen molar-refractivity contribution in [3.63, 3.8) is 0 Å². The SMILES string of the molecule is Cc1ccccc1C(=O)NC(C(=O)NC(C)c1ccc(F)c(F)c1)C(C)C. The minimum absolute atomic E-state index is 0.157. The highest BCUT2D eigenvalue weighted by Gasteiger charge is 2.26. The van der Waals surface area contributed by atoms with E-state index in [9.17, 15) is 18.4 Å². The minimum atomic E-state index is -0.970. The summed E-state index contributed by atoms with van der Waals surface area (Å²) in [4.78, 5) is 25.2. The molecular formula is C21H24F2N2O2. The first-order chi connectivity index (χ1) is 12.7. The van der Waals surface area contributed by atoms with E-state index in [-0.39, 0.29) is 17.7 Å². The molecule has 0 bridgehead atoms. The van der Waals surface area contributed by atoms with Crippen molar-refractivity contribution in [2.75, 3.05) is 0 Å². The molecule has 0 aliphatic carbocycles. The monoisotopic (exact) mass is 374 g/mol. The summed E-state index contributed by atoms with van der Waals surface area (Å²) in [5, 5.41) is 5.52. The second-order valence-electron chi connectivity index (χ2n) is 6.91. The lowest BCUT2D eigenvalue weighted by Gasteiger charge is -2.24. The molecule has 6 heteroatoms. The highest BCUT2D eigenvalue weighted by Crippen LogP contribution is 2.17. The Morgan fingerprint density at radius 2 is 1.59 bits per heavy atom. The molecule has 2 rings (SSSR count). The van der Waals surface area contributed by atoms with Gasteiger partial charge in [-0.2, -0.15) is 0 Å². The standard InChI is InChI=1S/C21H24F2N2O2/c1-12(2)19(25-20(26)16-8-6-5-7-13(16)3)21(27)24-14(4)15-9-10-17(22)18(23)11-15/h5-12,14,19H,1-4H3,(H,24,27)(H,25,26).